The topological polar surface area (TPSA) is 56.3 Å². The van der Waals surface area contributed by atoms with E-state index in [-0.39, 0.29) is 5.92 Å². The van der Waals surface area contributed by atoms with Crippen LogP contribution in [0.4, 0.5) is 0 Å². The first kappa shape index (κ1) is 11.4. The van der Waals surface area contributed by atoms with Gasteiger partial charge in [0, 0.05) is 24.9 Å². The summed E-state index contributed by atoms with van der Waals surface area (Å²) in [6, 6.07) is 3.52. The second-order valence-electron chi connectivity index (χ2n) is 3.31. The van der Waals surface area contributed by atoms with Gasteiger partial charge in [-0.3, -0.25) is 9.78 Å². The minimum Gasteiger partial charge on any atom is -0.457 e. The molecular weight excluding hydrogens is 194 g/mol. The molecular formula is C11H13NO3. The lowest BCUT2D eigenvalue weighted by molar-refractivity contribution is -0.149. The molecule has 1 rings (SSSR count). The van der Waals surface area contributed by atoms with Gasteiger partial charge in [0.05, 0.1) is 5.92 Å². The summed E-state index contributed by atoms with van der Waals surface area (Å²) in [5.74, 6) is -0.782. The van der Waals surface area contributed by atoms with Crippen molar-refractivity contribution in [1.82, 2.24) is 4.98 Å². The number of ether oxygens (including phenoxy) is 1. The van der Waals surface area contributed by atoms with E-state index in [1.807, 2.05) is 0 Å². The molecule has 1 aromatic rings. The normalized spacial score (nSPS) is 14.0. The molecule has 0 aliphatic carbocycles. The predicted molar refractivity (Wildman–Crippen MR) is 54.0 cm³/mol. The van der Waals surface area contributed by atoms with Gasteiger partial charge in [0.1, 0.15) is 12.4 Å². The van der Waals surface area contributed by atoms with E-state index in [2.05, 4.69) is 4.98 Å². The predicted octanol–water partition coefficient (Wildman–Crippen LogP) is 1.52. The average molecular weight is 207 g/mol. The summed E-state index contributed by atoms with van der Waals surface area (Å²) in [6.45, 7) is 3.02. The molecule has 0 spiro atoms. The lowest BCUT2D eigenvalue weighted by Gasteiger charge is -2.19. The van der Waals surface area contributed by atoms with Crippen molar-refractivity contribution in [3.05, 3.63) is 30.1 Å². The molecule has 0 aliphatic heterocycles. The Morgan fingerprint density at radius 2 is 2.33 bits per heavy atom. The molecule has 80 valence electrons. The Labute approximate surface area is 88.3 Å². The molecule has 0 saturated heterocycles. The minimum absolute atomic E-state index is 0.377. The van der Waals surface area contributed by atoms with Gasteiger partial charge in [0.15, 0.2) is 0 Å². The minimum atomic E-state index is -0.548. The summed E-state index contributed by atoms with van der Waals surface area (Å²) in [4.78, 5) is 25.5. The van der Waals surface area contributed by atoms with Crippen LogP contribution >= 0.6 is 0 Å². The zero-order chi connectivity index (χ0) is 11.3. The number of pyridine rings is 1. The largest absolute Gasteiger partial charge is 0.457 e. The molecule has 4 heteroatoms. The number of aromatic nitrogens is 1. The van der Waals surface area contributed by atoms with Crippen LogP contribution in [-0.4, -0.2) is 17.2 Å². The molecule has 15 heavy (non-hydrogen) atoms. The van der Waals surface area contributed by atoms with Crippen LogP contribution in [0.25, 0.3) is 0 Å². The zero-order valence-corrected chi connectivity index (χ0v) is 8.71. The standard InChI is InChI=1S/C11H13NO3/c1-8(7-13)11(15-9(2)14)10-4-3-5-12-6-10/h3-8,11H,1-2H3. The van der Waals surface area contributed by atoms with Crippen molar-refractivity contribution in [2.45, 2.75) is 20.0 Å². The molecule has 0 bridgehead atoms. The highest BCUT2D eigenvalue weighted by Crippen LogP contribution is 2.24. The highest BCUT2D eigenvalue weighted by atomic mass is 16.5. The molecule has 1 aromatic heterocycles. The highest BCUT2D eigenvalue weighted by Gasteiger charge is 2.21. The zero-order valence-electron chi connectivity index (χ0n) is 8.71. The van der Waals surface area contributed by atoms with E-state index in [0.717, 1.165) is 11.8 Å². The molecule has 2 unspecified atom stereocenters. The number of carbonyl (C=O) groups excluding carboxylic acids is 2. The van der Waals surface area contributed by atoms with Crippen LogP contribution in [-0.2, 0) is 14.3 Å². The van der Waals surface area contributed by atoms with Crippen molar-refractivity contribution in [2.75, 3.05) is 0 Å². The fourth-order valence-electron chi connectivity index (χ4n) is 1.27. The van der Waals surface area contributed by atoms with Crippen LogP contribution in [0, 0.1) is 5.92 Å². The van der Waals surface area contributed by atoms with E-state index in [0.29, 0.717) is 0 Å². The summed E-state index contributed by atoms with van der Waals surface area (Å²) in [5.41, 5.74) is 0.729. The number of nitrogens with zero attached hydrogens (tertiary/aromatic N) is 1. The summed E-state index contributed by atoms with van der Waals surface area (Å²) in [5, 5.41) is 0. The first-order valence-corrected chi connectivity index (χ1v) is 4.67. The molecule has 4 nitrogen and oxygen atoms in total. The van der Waals surface area contributed by atoms with Gasteiger partial charge in [-0.25, -0.2) is 0 Å². The number of rotatable bonds is 4. The van der Waals surface area contributed by atoms with Gasteiger partial charge in [-0.2, -0.15) is 0 Å². The molecule has 2 atom stereocenters. The van der Waals surface area contributed by atoms with E-state index in [1.165, 1.54) is 6.92 Å². The molecule has 0 N–H and O–H groups in total. The Morgan fingerprint density at radius 1 is 1.60 bits per heavy atom. The van der Waals surface area contributed by atoms with E-state index in [9.17, 15) is 9.59 Å². The Bertz CT molecular complexity index is 337. The third-order valence-electron chi connectivity index (χ3n) is 2.00. The Morgan fingerprint density at radius 3 is 2.80 bits per heavy atom. The molecule has 0 amide bonds. The third-order valence-corrected chi connectivity index (χ3v) is 2.00. The van der Waals surface area contributed by atoms with Crippen molar-refractivity contribution in [2.24, 2.45) is 5.92 Å². The maximum absolute atomic E-state index is 10.9. The SMILES string of the molecule is CC(=O)OC(c1cccnc1)C(C)C=O. The maximum Gasteiger partial charge on any atom is 0.303 e. The first-order valence-electron chi connectivity index (χ1n) is 4.67. The highest BCUT2D eigenvalue weighted by molar-refractivity contribution is 5.67. The molecule has 0 saturated carbocycles. The number of hydrogen-bond donors (Lipinski definition) is 0. The van der Waals surface area contributed by atoms with Crippen molar-refractivity contribution in [3.8, 4) is 0 Å². The monoisotopic (exact) mass is 207 g/mol. The fraction of sp³-hybridized carbons (Fsp3) is 0.364. The van der Waals surface area contributed by atoms with Gasteiger partial charge in [0.25, 0.3) is 0 Å². The Kier molecular flexibility index (Phi) is 3.97. The maximum atomic E-state index is 10.9. The van der Waals surface area contributed by atoms with Crippen LogP contribution in [0.2, 0.25) is 0 Å². The van der Waals surface area contributed by atoms with Crippen molar-refractivity contribution >= 4 is 12.3 Å². The number of aldehydes is 1. The number of carbonyl (C=O) groups is 2. The van der Waals surface area contributed by atoms with E-state index < -0.39 is 12.1 Å². The van der Waals surface area contributed by atoms with Gasteiger partial charge in [-0.15, -0.1) is 0 Å². The average Bonchev–Trinajstić information content (AvgIpc) is 2.26. The van der Waals surface area contributed by atoms with E-state index in [1.54, 1.807) is 31.5 Å². The van der Waals surface area contributed by atoms with Gasteiger partial charge in [-0.1, -0.05) is 13.0 Å². The summed E-state index contributed by atoms with van der Waals surface area (Å²) >= 11 is 0. The van der Waals surface area contributed by atoms with Crippen LogP contribution in [0.3, 0.4) is 0 Å². The van der Waals surface area contributed by atoms with Crippen molar-refractivity contribution in [3.63, 3.8) is 0 Å². The Balaban J connectivity index is 2.90. The first-order chi connectivity index (χ1) is 7.15. The lowest BCUT2D eigenvalue weighted by atomic mass is 10.00. The molecule has 0 fully saturated rings. The lowest BCUT2D eigenvalue weighted by Crippen LogP contribution is -2.17. The van der Waals surface area contributed by atoms with Crippen LogP contribution in [0.1, 0.15) is 25.5 Å². The van der Waals surface area contributed by atoms with Crippen LogP contribution in [0.15, 0.2) is 24.5 Å². The van der Waals surface area contributed by atoms with Crippen LogP contribution < -0.4 is 0 Å². The van der Waals surface area contributed by atoms with Crippen molar-refractivity contribution < 1.29 is 14.3 Å². The molecule has 1 heterocycles. The smallest absolute Gasteiger partial charge is 0.303 e. The van der Waals surface area contributed by atoms with E-state index in [4.69, 9.17) is 4.74 Å². The van der Waals surface area contributed by atoms with Crippen LogP contribution in [0.5, 0.6) is 0 Å². The fourth-order valence-corrected chi connectivity index (χ4v) is 1.27. The van der Waals surface area contributed by atoms with Crippen molar-refractivity contribution in [1.29, 1.82) is 0 Å². The second-order valence-corrected chi connectivity index (χ2v) is 3.31. The quantitative estimate of drug-likeness (QED) is 0.555. The second kappa shape index (κ2) is 5.24. The summed E-state index contributed by atoms with van der Waals surface area (Å²) in [6.07, 6.45) is 3.43. The third kappa shape index (κ3) is 3.16. The van der Waals surface area contributed by atoms with Gasteiger partial charge in [0.2, 0.25) is 0 Å². The summed E-state index contributed by atoms with van der Waals surface area (Å²) in [7, 11) is 0. The van der Waals surface area contributed by atoms with Gasteiger partial charge < -0.3 is 9.53 Å². The molecule has 0 aromatic carbocycles. The molecule has 0 aliphatic rings. The number of esters is 1. The molecule has 0 radical (unpaired) electrons. The van der Waals surface area contributed by atoms with E-state index >= 15 is 0 Å². The van der Waals surface area contributed by atoms with Gasteiger partial charge >= 0.3 is 5.97 Å². The Hall–Kier alpha value is -1.71. The van der Waals surface area contributed by atoms with Gasteiger partial charge in [-0.05, 0) is 6.07 Å². The summed E-state index contributed by atoms with van der Waals surface area (Å²) < 4.78 is 5.08. The number of hydrogen-bond acceptors (Lipinski definition) is 4.